The molecular weight excluding hydrogens is 274 g/mol. The van der Waals surface area contributed by atoms with Gasteiger partial charge in [0.25, 0.3) is 0 Å². The normalized spacial score (nSPS) is 10.5. The number of hydrogen-bond donors (Lipinski definition) is 0. The van der Waals surface area contributed by atoms with Crippen LogP contribution in [0.15, 0.2) is 68.8 Å². The second-order valence-corrected chi connectivity index (χ2v) is 5.05. The fourth-order valence-electron chi connectivity index (χ4n) is 2.30. The van der Waals surface area contributed by atoms with Crippen LogP contribution in [0.1, 0.15) is 11.4 Å². The first kappa shape index (κ1) is 14.0. The molecule has 3 aromatic rings. The lowest BCUT2D eigenvalue weighted by atomic mass is 10.3. The van der Waals surface area contributed by atoms with E-state index in [2.05, 4.69) is 22.3 Å². The maximum Gasteiger partial charge on any atom is 0.248 e. The molecule has 0 N–H and O–H groups in total. The van der Waals surface area contributed by atoms with Crippen LogP contribution in [0.5, 0.6) is 0 Å². The number of nitrogens with zero attached hydrogens (tertiary/aromatic N) is 5. The summed E-state index contributed by atoms with van der Waals surface area (Å²) in [5, 5.41) is 0. The van der Waals surface area contributed by atoms with Crippen LogP contribution in [0.3, 0.4) is 0 Å². The standard InChI is InChI=1S/C17H19N5/c1-3-19-8-10-21(14-19)12-16-6-5-7-17(18-16)13-22-11-9-20(4-2)15-22/h3-11,14-15H,1-2,12-13H2/q+2. The molecule has 0 aliphatic carbocycles. The van der Waals surface area contributed by atoms with E-state index in [9.17, 15) is 0 Å². The third-order valence-corrected chi connectivity index (χ3v) is 3.40. The van der Waals surface area contributed by atoms with Gasteiger partial charge in [0, 0.05) is 0 Å². The highest BCUT2D eigenvalue weighted by molar-refractivity contribution is 5.14. The first-order valence-corrected chi connectivity index (χ1v) is 7.10. The van der Waals surface area contributed by atoms with E-state index in [1.54, 1.807) is 12.4 Å². The molecule has 0 bridgehead atoms. The molecule has 0 aliphatic heterocycles. The van der Waals surface area contributed by atoms with Crippen LogP contribution < -0.4 is 9.13 Å². The Bertz CT molecular complexity index is 733. The largest absolute Gasteiger partial charge is 0.250 e. The predicted octanol–water partition coefficient (Wildman–Crippen LogP) is 1.56. The van der Waals surface area contributed by atoms with Gasteiger partial charge in [-0.25, -0.2) is 23.3 Å². The summed E-state index contributed by atoms with van der Waals surface area (Å²) in [4.78, 5) is 4.72. The van der Waals surface area contributed by atoms with E-state index in [0.717, 1.165) is 24.5 Å². The first-order valence-electron chi connectivity index (χ1n) is 7.10. The zero-order valence-corrected chi connectivity index (χ0v) is 12.4. The Labute approximate surface area is 129 Å². The zero-order chi connectivity index (χ0) is 15.4. The van der Waals surface area contributed by atoms with Gasteiger partial charge in [-0.1, -0.05) is 19.2 Å². The first-order chi connectivity index (χ1) is 10.8. The van der Waals surface area contributed by atoms with Gasteiger partial charge in [-0.3, -0.25) is 0 Å². The van der Waals surface area contributed by atoms with Gasteiger partial charge in [0.1, 0.15) is 37.9 Å². The third-order valence-electron chi connectivity index (χ3n) is 3.40. The van der Waals surface area contributed by atoms with Crippen LogP contribution in [0, 0.1) is 0 Å². The van der Waals surface area contributed by atoms with E-state index < -0.39 is 0 Å². The van der Waals surface area contributed by atoms with Crippen molar-refractivity contribution in [3.8, 4) is 0 Å². The smallest absolute Gasteiger partial charge is 0.248 e. The maximum atomic E-state index is 4.72. The zero-order valence-electron chi connectivity index (χ0n) is 12.4. The minimum Gasteiger partial charge on any atom is -0.250 e. The van der Waals surface area contributed by atoms with Gasteiger partial charge >= 0.3 is 0 Å². The molecule has 0 saturated heterocycles. The topological polar surface area (TPSA) is 30.5 Å². The molecule has 5 nitrogen and oxygen atoms in total. The maximum absolute atomic E-state index is 4.72. The number of aromatic nitrogens is 5. The van der Waals surface area contributed by atoms with E-state index in [-0.39, 0.29) is 0 Å². The van der Waals surface area contributed by atoms with Gasteiger partial charge < -0.3 is 0 Å². The van der Waals surface area contributed by atoms with Crippen LogP contribution in [-0.2, 0) is 13.1 Å². The van der Waals surface area contributed by atoms with Gasteiger partial charge in [0.2, 0.25) is 12.7 Å². The van der Waals surface area contributed by atoms with Gasteiger partial charge in [-0.05, 0) is 12.1 Å². The summed E-state index contributed by atoms with van der Waals surface area (Å²) in [7, 11) is 0. The molecule has 3 rings (SSSR count). The molecule has 0 aliphatic rings. The third kappa shape index (κ3) is 3.20. The molecule has 0 amide bonds. The summed E-state index contributed by atoms with van der Waals surface area (Å²) in [5.41, 5.74) is 2.07. The monoisotopic (exact) mass is 293 g/mol. The summed E-state index contributed by atoms with van der Waals surface area (Å²) in [6.07, 6.45) is 15.4. The lowest BCUT2D eigenvalue weighted by Crippen LogP contribution is -2.34. The summed E-state index contributed by atoms with van der Waals surface area (Å²) >= 11 is 0. The molecule has 0 aromatic carbocycles. The van der Waals surface area contributed by atoms with Crippen molar-refractivity contribution < 1.29 is 9.13 Å². The number of rotatable bonds is 6. The summed E-state index contributed by atoms with van der Waals surface area (Å²) in [5.74, 6) is 0. The Morgan fingerprint density at radius 2 is 1.41 bits per heavy atom. The highest BCUT2D eigenvalue weighted by Gasteiger charge is 2.07. The van der Waals surface area contributed by atoms with Crippen LogP contribution >= 0.6 is 0 Å². The van der Waals surface area contributed by atoms with Crippen LogP contribution in [0.4, 0.5) is 0 Å². The van der Waals surface area contributed by atoms with E-state index in [1.807, 2.05) is 64.8 Å². The number of imidazole rings is 2. The highest BCUT2D eigenvalue weighted by atomic mass is 15.1. The van der Waals surface area contributed by atoms with E-state index >= 15 is 0 Å². The molecule has 22 heavy (non-hydrogen) atoms. The Hall–Kier alpha value is -2.95. The lowest BCUT2D eigenvalue weighted by molar-refractivity contribution is -0.689. The average Bonchev–Trinajstić information content (AvgIpc) is 3.16. The van der Waals surface area contributed by atoms with Gasteiger partial charge in [-0.2, -0.15) is 0 Å². The fourth-order valence-corrected chi connectivity index (χ4v) is 2.30. The second kappa shape index (κ2) is 6.22. The Kier molecular flexibility index (Phi) is 3.96. The van der Waals surface area contributed by atoms with Crippen LogP contribution in [0.2, 0.25) is 0 Å². The van der Waals surface area contributed by atoms with E-state index in [1.165, 1.54) is 0 Å². The molecule has 0 radical (unpaired) electrons. The van der Waals surface area contributed by atoms with Crippen molar-refractivity contribution in [3.05, 3.63) is 80.2 Å². The molecule has 110 valence electrons. The van der Waals surface area contributed by atoms with Gasteiger partial charge in [0.15, 0.2) is 0 Å². The minimum atomic E-state index is 0.743. The van der Waals surface area contributed by atoms with Crippen molar-refractivity contribution in [2.45, 2.75) is 13.1 Å². The molecule has 0 spiro atoms. The molecule has 0 saturated carbocycles. The van der Waals surface area contributed by atoms with Crippen molar-refractivity contribution in [2.75, 3.05) is 0 Å². The lowest BCUT2D eigenvalue weighted by Gasteiger charge is -2.01. The quantitative estimate of drug-likeness (QED) is 0.634. The van der Waals surface area contributed by atoms with Gasteiger partial charge in [-0.15, -0.1) is 0 Å². The average molecular weight is 293 g/mol. The van der Waals surface area contributed by atoms with Crippen LogP contribution in [-0.4, -0.2) is 14.1 Å². The van der Waals surface area contributed by atoms with Crippen molar-refractivity contribution in [3.63, 3.8) is 0 Å². The summed E-state index contributed by atoms with van der Waals surface area (Å²) < 4.78 is 7.99. The molecule has 3 heterocycles. The highest BCUT2D eigenvalue weighted by Crippen LogP contribution is 2.00. The van der Waals surface area contributed by atoms with Crippen molar-refractivity contribution >= 4 is 12.4 Å². The predicted molar refractivity (Wildman–Crippen MR) is 84.5 cm³/mol. The number of pyridine rings is 1. The fraction of sp³-hybridized carbons (Fsp3) is 0.118. The SMILES string of the molecule is C=Cn1cc[n+](Cc2cccc(C[n+]3ccn(C=C)c3)n2)c1. The van der Waals surface area contributed by atoms with E-state index in [4.69, 9.17) is 4.98 Å². The van der Waals surface area contributed by atoms with Crippen molar-refractivity contribution in [1.29, 1.82) is 0 Å². The summed E-state index contributed by atoms with van der Waals surface area (Å²) in [6.45, 7) is 8.97. The van der Waals surface area contributed by atoms with E-state index in [0.29, 0.717) is 0 Å². The Morgan fingerprint density at radius 3 is 1.82 bits per heavy atom. The number of hydrogen-bond acceptors (Lipinski definition) is 1. The van der Waals surface area contributed by atoms with Crippen LogP contribution in [0.25, 0.3) is 12.4 Å². The molecule has 3 aromatic heterocycles. The summed E-state index contributed by atoms with van der Waals surface area (Å²) in [6, 6.07) is 6.14. The molecule has 0 unspecified atom stereocenters. The van der Waals surface area contributed by atoms with Crippen molar-refractivity contribution in [2.24, 2.45) is 0 Å². The molecular formula is C17H19N5+2. The molecule has 5 heteroatoms. The Morgan fingerprint density at radius 1 is 0.909 bits per heavy atom. The second-order valence-electron chi connectivity index (χ2n) is 5.05. The Balaban J connectivity index is 1.74. The molecule has 0 fully saturated rings. The minimum absolute atomic E-state index is 0.743. The van der Waals surface area contributed by atoms with Gasteiger partial charge in [0.05, 0.1) is 23.8 Å². The molecule has 0 atom stereocenters. The van der Waals surface area contributed by atoms with Crippen molar-refractivity contribution in [1.82, 2.24) is 14.1 Å².